The van der Waals surface area contributed by atoms with Gasteiger partial charge in [0.05, 0.1) is 24.9 Å². The summed E-state index contributed by atoms with van der Waals surface area (Å²) in [5.41, 5.74) is 6.58. The molecule has 0 spiro atoms. The Hall–Kier alpha value is -1.29. The molecule has 0 saturated heterocycles. The molecule has 0 radical (unpaired) electrons. The van der Waals surface area contributed by atoms with E-state index in [1.807, 2.05) is 13.8 Å². The third-order valence-electron chi connectivity index (χ3n) is 2.97. The first-order chi connectivity index (χ1) is 11.3. The molecule has 3 atom stereocenters. The van der Waals surface area contributed by atoms with Crippen LogP contribution in [0.5, 0.6) is 0 Å². The molecule has 10 nitrogen and oxygen atoms in total. The molecule has 1 aliphatic carbocycles. The van der Waals surface area contributed by atoms with Crippen molar-refractivity contribution in [3.63, 3.8) is 0 Å². The van der Waals surface area contributed by atoms with Gasteiger partial charge in [0.2, 0.25) is 5.91 Å². The number of hydrogen-bond donors (Lipinski definition) is 5. The number of phosphoric acid groups is 1. The second-order valence-electron chi connectivity index (χ2n) is 5.67. The van der Waals surface area contributed by atoms with Crippen molar-refractivity contribution < 1.29 is 38.3 Å². The molecule has 25 heavy (non-hydrogen) atoms. The SMILES string of the molecule is CCOC(=O)C1=C[C@@H](OC(C)C)[C@H](NC(C)=O)[C@@H](N)C1.O=P(O)(O)O. The second-order valence-corrected chi connectivity index (χ2v) is 6.70. The van der Waals surface area contributed by atoms with Crippen molar-refractivity contribution >= 4 is 19.7 Å². The highest BCUT2D eigenvalue weighted by Gasteiger charge is 2.35. The third kappa shape index (κ3) is 11.0. The van der Waals surface area contributed by atoms with Gasteiger partial charge in [-0.15, -0.1) is 0 Å². The van der Waals surface area contributed by atoms with Crippen molar-refractivity contribution in [2.24, 2.45) is 5.73 Å². The van der Waals surface area contributed by atoms with Gasteiger partial charge in [-0.2, -0.15) is 0 Å². The maximum absolute atomic E-state index is 11.8. The van der Waals surface area contributed by atoms with E-state index < -0.39 is 13.9 Å². The smallest absolute Gasteiger partial charge is 0.463 e. The number of hydrogen-bond acceptors (Lipinski definition) is 6. The summed E-state index contributed by atoms with van der Waals surface area (Å²) < 4.78 is 19.6. The quantitative estimate of drug-likeness (QED) is 0.313. The fourth-order valence-corrected chi connectivity index (χ4v) is 2.23. The van der Waals surface area contributed by atoms with Crippen molar-refractivity contribution in [3.8, 4) is 0 Å². The number of amides is 1. The van der Waals surface area contributed by atoms with E-state index in [1.54, 1.807) is 13.0 Å². The Morgan fingerprint density at radius 3 is 2.32 bits per heavy atom. The normalized spacial score (nSPS) is 23.2. The van der Waals surface area contributed by atoms with Crippen LogP contribution in [0.2, 0.25) is 0 Å². The summed E-state index contributed by atoms with van der Waals surface area (Å²) in [5, 5.41) is 2.79. The Balaban J connectivity index is 0.00000101. The number of nitrogens with one attached hydrogen (secondary N) is 1. The van der Waals surface area contributed by atoms with Gasteiger partial charge in [0.1, 0.15) is 0 Å². The molecule has 0 aliphatic heterocycles. The van der Waals surface area contributed by atoms with E-state index in [0.29, 0.717) is 18.6 Å². The number of carbonyl (C=O) groups excluding carboxylic acids is 2. The number of rotatable bonds is 5. The minimum atomic E-state index is -4.64. The van der Waals surface area contributed by atoms with Crippen LogP contribution in [0.15, 0.2) is 11.6 Å². The lowest BCUT2D eigenvalue weighted by atomic mass is 9.88. The van der Waals surface area contributed by atoms with Crippen LogP contribution in [0.3, 0.4) is 0 Å². The van der Waals surface area contributed by atoms with Crippen LogP contribution in [-0.2, 0) is 23.6 Å². The van der Waals surface area contributed by atoms with Gasteiger partial charge in [-0.25, -0.2) is 9.36 Å². The molecule has 1 aliphatic rings. The second kappa shape index (κ2) is 10.6. The summed E-state index contributed by atoms with van der Waals surface area (Å²) in [4.78, 5) is 44.6. The molecule has 146 valence electrons. The molecule has 11 heteroatoms. The lowest BCUT2D eigenvalue weighted by molar-refractivity contribution is -0.139. The largest absolute Gasteiger partial charge is 0.466 e. The molecule has 1 rings (SSSR count). The molecule has 0 bridgehead atoms. The maximum atomic E-state index is 11.8. The number of nitrogens with two attached hydrogens (primary N) is 1. The first kappa shape index (κ1) is 23.7. The van der Waals surface area contributed by atoms with Crippen LogP contribution in [0, 0.1) is 0 Å². The van der Waals surface area contributed by atoms with Crippen molar-refractivity contribution in [2.45, 2.75) is 58.4 Å². The number of carbonyl (C=O) groups is 2. The molecule has 0 aromatic heterocycles. The van der Waals surface area contributed by atoms with E-state index in [4.69, 9.17) is 34.5 Å². The lowest BCUT2D eigenvalue weighted by Crippen LogP contribution is -2.56. The fourth-order valence-electron chi connectivity index (χ4n) is 2.23. The molecule has 6 N–H and O–H groups in total. The van der Waals surface area contributed by atoms with Gasteiger partial charge in [0.25, 0.3) is 0 Å². The maximum Gasteiger partial charge on any atom is 0.466 e. The highest BCUT2D eigenvalue weighted by molar-refractivity contribution is 7.45. The van der Waals surface area contributed by atoms with Crippen LogP contribution in [0.25, 0.3) is 0 Å². The van der Waals surface area contributed by atoms with E-state index >= 15 is 0 Å². The monoisotopic (exact) mass is 382 g/mol. The minimum absolute atomic E-state index is 0.0405. The highest BCUT2D eigenvalue weighted by Crippen LogP contribution is 2.26. The van der Waals surface area contributed by atoms with Gasteiger partial charge < -0.3 is 35.2 Å². The zero-order chi connectivity index (χ0) is 19.8. The van der Waals surface area contributed by atoms with Crippen molar-refractivity contribution in [1.29, 1.82) is 0 Å². The van der Waals surface area contributed by atoms with Crippen LogP contribution in [0.1, 0.15) is 34.1 Å². The Bertz CT molecular complexity index is 523. The van der Waals surface area contributed by atoms with E-state index in [2.05, 4.69) is 5.32 Å². The minimum Gasteiger partial charge on any atom is -0.463 e. The Kier molecular flexibility index (Phi) is 10.1. The summed E-state index contributed by atoms with van der Waals surface area (Å²) in [6, 6.07) is -0.722. The molecule has 0 heterocycles. The Labute approximate surface area is 146 Å². The van der Waals surface area contributed by atoms with Gasteiger partial charge in [-0.3, -0.25) is 4.79 Å². The highest BCUT2D eigenvalue weighted by atomic mass is 31.2. The average molecular weight is 382 g/mol. The van der Waals surface area contributed by atoms with Gasteiger partial charge in [0.15, 0.2) is 0 Å². The predicted octanol–water partition coefficient (Wildman–Crippen LogP) is -0.423. The summed E-state index contributed by atoms with van der Waals surface area (Å²) in [7, 11) is -4.64. The van der Waals surface area contributed by atoms with E-state index in [0.717, 1.165) is 0 Å². The zero-order valence-electron chi connectivity index (χ0n) is 14.7. The first-order valence-corrected chi connectivity index (χ1v) is 9.25. The summed E-state index contributed by atoms with van der Waals surface area (Å²) >= 11 is 0. The topological polar surface area (TPSA) is 168 Å². The lowest BCUT2D eigenvalue weighted by Gasteiger charge is -2.35. The van der Waals surface area contributed by atoms with Crippen LogP contribution in [0.4, 0.5) is 0 Å². The standard InChI is InChI=1S/C14H24N2O4.H3O4P/c1-5-19-14(18)10-6-11(15)13(16-9(4)17)12(7-10)20-8(2)3;1-5(2,3)4/h7-8,11-13H,5-6,15H2,1-4H3,(H,16,17);(H3,1,2,3,4)/t11-,12+,13+;/m0./s1. The Morgan fingerprint density at radius 1 is 1.40 bits per heavy atom. The fraction of sp³-hybridized carbons (Fsp3) is 0.714. The van der Waals surface area contributed by atoms with Crippen molar-refractivity contribution in [3.05, 3.63) is 11.6 Å². The van der Waals surface area contributed by atoms with Gasteiger partial charge >= 0.3 is 13.8 Å². The summed E-state index contributed by atoms with van der Waals surface area (Å²) in [6.45, 7) is 7.29. The van der Waals surface area contributed by atoms with E-state index in [-0.39, 0.29) is 30.1 Å². The first-order valence-electron chi connectivity index (χ1n) is 7.69. The van der Waals surface area contributed by atoms with Crippen LogP contribution in [-0.4, -0.2) is 57.5 Å². The van der Waals surface area contributed by atoms with Gasteiger partial charge in [-0.05, 0) is 33.3 Å². The van der Waals surface area contributed by atoms with Gasteiger partial charge in [-0.1, -0.05) is 0 Å². The van der Waals surface area contributed by atoms with E-state index in [9.17, 15) is 9.59 Å². The summed E-state index contributed by atoms with van der Waals surface area (Å²) in [6.07, 6.45) is 1.60. The molecule has 0 aromatic rings. The third-order valence-corrected chi connectivity index (χ3v) is 2.97. The van der Waals surface area contributed by atoms with Gasteiger partial charge in [0, 0.05) is 18.5 Å². The van der Waals surface area contributed by atoms with Crippen molar-refractivity contribution in [1.82, 2.24) is 5.32 Å². The molecule has 0 saturated carbocycles. The average Bonchev–Trinajstić information content (AvgIpc) is 2.39. The van der Waals surface area contributed by atoms with Crippen molar-refractivity contribution in [2.75, 3.05) is 6.61 Å². The molecule has 0 aromatic carbocycles. The summed E-state index contributed by atoms with van der Waals surface area (Å²) in [5.74, 6) is -0.544. The Morgan fingerprint density at radius 2 is 1.92 bits per heavy atom. The molecule has 0 unspecified atom stereocenters. The zero-order valence-corrected chi connectivity index (χ0v) is 15.6. The van der Waals surface area contributed by atoms with Crippen LogP contribution < -0.4 is 11.1 Å². The number of esters is 1. The predicted molar refractivity (Wildman–Crippen MR) is 89.2 cm³/mol. The molecule has 1 amide bonds. The number of ether oxygens (including phenoxy) is 2. The van der Waals surface area contributed by atoms with E-state index in [1.165, 1.54) is 6.92 Å². The molecular formula is C14H27N2O8P. The molecular weight excluding hydrogens is 355 g/mol. The van der Waals surface area contributed by atoms with Crippen LogP contribution >= 0.6 is 7.82 Å². The molecule has 0 fully saturated rings.